The Morgan fingerprint density at radius 1 is 1.58 bits per heavy atom. The van der Waals surface area contributed by atoms with Gasteiger partial charge in [0.25, 0.3) is 0 Å². The highest BCUT2D eigenvalue weighted by atomic mass is 14.7. The first-order chi connectivity index (χ1) is 5.70. The van der Waals surface area contributed by atoms with Gasteiger partial charge in [-0.3, -0.25) is 4.98 Å². The molecule has 0 saturated carbocycles. The summed E-state index contributed by atoms with van der Waals surface area (Å²) in [5.41, 5.74) is 7.80. The van der Waals surface area contributed by atoms with Crippen LogP contribution in [0.3, 0.4) is 0 Å². The van der Waals surface area contributed by atoms with E-state index in [0.29, 0.717) is 0 Å². The lowest BCUT2D eigenvalue weighted by Gasteiger charge is -2.03. The Morgan fingerprint density at radius 3 is 2.83 bits per heavy atom. The Labute approximate surface area is 73.1 Å². The van der Waals surface area contributed by atoms with Gasteiger partial charge in [0.2, 0.25) is 0 Å². The first-order valence-corrected chi connectivity index (χ1v) is 4.05. The molecule has 1 aromatic rings. The van der Waals surface area contributed by atoms with Crippen molar-refractivity contribution >= 4 is 6.08 Å². The zero-order valence-electron chi connectivity index (χ0n) is 7.49. The summed E-state index contributed by atoms with van der Waals surface area (Å²) >= 11 is 0. The van der Waals surface area contributed by atoms with Crippen LogP contribution in [0.2, 0.25) is 0 Å². The summed E-state index contributed by atoms with van der Waals surface area (Å²) in [5, 5.41) is 0. The van der Waals surface area contributed by atoms with E-state index in [9.17, 15) is 0 Å². The van der Waals surface area contributed by atoms with Crippen molar-refractivity contribution in [3.63, 3.8) is 0 Å². The molecule has 0 bridgehead atoms. The summed E-state index contributed by atoms with van der Waals surface area (Å²) in [7, 11) is 0. The van der Waals surface area contributed by atoms with Crippen LogP contribution in [0.5, 0.6) is 0 Å². The van der Waals surface area contributed by atoms with E-state index < -0.39 is 0 Å². The van der Waals surface area contributed by atoms with Gasteiger partial charge in [0.15, 0.2) is 0 Å². The van der Waals surface area contributed by atoms with Gasteiger partial charge in [0, 0.05) is 12.2 Å². The first-order valence-electron chi connectivity index (χ1n) is 4.05. The van der Waals surface area contributed by atoms with Crippen LogP contribution in [0.4, 0.5) is 0 Å². The molecule has 0 radical (unpaired) electrons. The smallest absolute Gasteiger partial charge is 0.0629 e. The summed E-state index contributed by atoms with van der Waals surface area (Å²) in [5.74, 6) is 0. The average Bonchev–Trinajstić information content (AvgIpc) is 2.06. The molecule has 0 unspecified atom stereocenters. The van der Waals surface area contributed by atoms with Crippen LogP contribution in [0.15, 0.2) is 30.0 Å². The molecule has 0 amide bonds. The van der Waals surface area contributed by atoms with Crippen molar-refractivity contribution in [3.05, 3.63) is 35.7 Å². The molecule has 2 heteroatoms. The van der Waals surface area contributed by atoms with Gasteiger partial charge >= 0.3 is 0 Å². The molecule has 1 atom stereocenters. The van der Waals surface area contributed by atoms with Crippen LogP contribution in [0, 0.1) is 0 Å². The van der Waals surface area contributed by atoms with Crippen LogP contribution < -0.4 is 5.73 Å². The van der Waals surface area contributed by atoms with Crippen molar-refractivity contribution in [1.82, 2.24) is 4.98 Å². The molecule has 1 heterocycles. The van der Waals surface area contributed by atoms with Crippen molar-refractivity contribution < 1.29 is 0 Å². The maximum Gasteiger partial charge on any atom is 0.0629 e. The molecule has 2 nitrogen and oxygen atoms in total. The zero-order chi connectivity index (χ0) is 8.97. The molecule has 2 N–H and O–H groups in total. The van der Waals surface area contributed by atoms with Crippen LogP contribution in [-0.2, 0) is 0 Å². The molecule has 0 spiro atoms. The minimum absolute atomic E-state index is 0.104. The van der Waals surface area contributed by atoms with E-state index in [-0.39, 0.29) is 6.04 Å². The van der Waals surface area contributed by atoms with Gasteiger partial charge in [-0.15, -0.1) is 0 Å². The Bertz CT molecular complexity index is 262. The molecular weight excluding hydrogens is 148 g/mol. The fraction of sp³-hybridized carbons (Fsp3) is 0.300. The topological polar surface area (TPSA) is 38.9 Å². The Balaban J connectivity index is 2.81. The lowest BCUT2D eigenvalue weighted by atomic mass is 10.1. The van der Waals surface area contributed by atoms with Gasteiger partial charge < -0.3 is 5.73 Å². The maximum absolute atomic E-state index is 5.69. The predicted molar refractivity (Wildman–Crippen MR) is 51.5 cm³/mol. The SMILES string of the molecule is C/C(=C\c1ccccn1)[C@@H](C)N. The summed E-state index contributed by atoms with van der Waals surface area (Å²) in [6.07, 6.45) is 3.78. The number of hydrogen-bond donors (Lipinski definition) is 1. The van der Waals surface area contributed by atoms with Crippen molar-refractivity contribution in [2.75, 3.05) is 0 Å². The van der Waals surface area contributed by atoms with Gasteiger partial charge in [-0.1, -0.05) is 11.6 Å². The van der Waals surface area contributed by atoms with E-state index in [1.54, 1.807) is 6.20 Å². The van der Waals surface area contributed by atoms with E-state index in [1.165, 1.54) is 0 Å². The van der Waals surface area contributed by atoms with Gasteiger partial charge in [-0.2, -0.15) is 0 Å². The van der Waals surface area contributed by atoms with Crippen molar-refractivity contribution in [3.8, 4) is 0 Å². The molecule has 0 aromatic carbocycles. The highest BCUT2D eigenvalue weighted by molar-refractivity contribution is 5.49. The van der Waals surface area contributed by atoms with E-state index in [1.807, 2.05) is 38.1 Å². The number of aromatic nitrogens is 1. The monoisotopic (exact) mass is 162 g/mol. The average molecular weight is 162 g/mol. The Morgan fingerprint density at radius 2 is 2.33 bits per heavy atom. The predicted octanol–water partition coefficient (Wildman–Crippen LogP) is 1.83. The first kappa shape index (κ1) is 8.94. The van der Waals surface area contributed by atoms with Crippen LogP contribution in [0.1, 0.15) is 19.5 Å². The van der Waals surface area contributed by atoms with Crippen LogP contribution in [-0.4, -0.2) is 11.0 Å². The van der Waals surface area contributed by atoms with E-state index in [4.69, 9.17) is 5.73 Å². The molecule has 64 valence electrons. The van der Waals surface area contributed by atoms with Crippen molar-refractivity contribution in [2.24, 2.45) is 5.73 Å². The molecule has 0 aliphatic heterocycles. The Hall–Kier alpha value is -1.15. The second-order valence-electron chi connectivity index (χ2n) is 2.93. The number of nitrogens with two attached hydrogens (primary N) is 1. The quantitative estimate of drug-likeness (QED) is 0.720. The lowest BCUT2D eigenvalue weighted by Crippen LogP contribution is -2.15. The molecule has 1 rings (SSSR count). The lowest BCUT2D eigenvalue weighted by molar-refractivity contribution is 0.867. The van der Waals surface area contributed by atoms with Crippen molar-refractivity contribution in [1.29, 1.82) is 0 Å². The normalized spacial score (nSPS) is 14.4. The fourth-order valence-electron chi connectivity index (χ4n) is 0.826. The molecule has 0 saturated heterocycles. The number of nitrogens with zero attached hydrogens (tertiary/aromatic N) is 1. The fourth-order valence-corrected chi connectivity index (χ4v) is 0.826. The molecule has 0 fully saturated rings. The summed E-state index contributed by atoms with van der Waals surface area (Å²) in [4.78, 5) is 4.17. The van der Waals surface area contributed by atoms with E-state index in [0.717, 1.165) is 11.3 Å². The summed E-state index contributed by atoms with van der Waals surface area (Å²) in [6, 6.07) is 5.93. The molecular formula is C10H14N2. The van der Waals surface area contributed by atoms with E-state index in [2.05, 4.69) is 4.98 Å². The van der Waals surface area contributed by atoms with Crippen molar-refractivity contribution in [2.45, 2.75) is 19.9 Å². The molecule has 0 aliphatic rings. The third-order valence-corrected chi connectivity index (χ3v) is 1.78. The number of pyridine rings is 1. The summed E-state index contributed by atoms with van der Waals surface area (Å²) < 4.78 is 0. The number of hydrogen-bond acceptors (Lipinski definition) is 2. The Kier molecular flexibility index (Phi) is 3.00. The van der Waals surface area contributed by atoms with Crippen LogP contribution >= 0.6 is 0 Å². The van der Waals surface area contributed by atoms with Gasteiger partial charge in [-0.05, 0) is 32.1 Å². The van der Waals surface area contributed by atoms with E-state index >= 15 is 0 Å². The van der Waals surface area contributed by atoms with Crippen LogP contribution in [0.25, 0.3) is 6.08 Å². The summed E-state index contributed by atoms with van der Waals surface area (Å²) in [6.45, 7) is 3.98. The molecule has 1 aromatic heterocycles. The highest BCUT2D eigenvalue weighted by Crippen LogP contribution is 2.04. The molecule has 12 heavy (non-hydrogen) atoms. The van der Waals surface area contributed by atoms with Gasteiger partial charge in [0.1, 0.15) is 0 Å². The van der Waals surface area contributed by atoms with Gasteiger partial charge in [-0.25, -0.2) is 0 Å². The second-order valence-corrected chi connectivity index (χ2v) is 2.93. The maximum atomic E-state index is 5.69. The molecule has 0 aliphatic carbocycles. The minimum atomic E-state index is 0.104. The third kappa shape index (κ3) is 2.47. The minimum Gasteiger partial charge on any atom is -0.324 e. The third-order valence-electron chi connectivity index (χ3n) is 1.78. The van der Waals surface area contributed by atoms with Gasteiger partial charge in [0.05, 0.1) is 5.69 Å². The second kappa shape index (κ2) is 4.02. The standard InChI is InChI=1S/C10H14N2/c1-8(9(2)11)7-10-5-3-4-6-12-10/h3-7,9H,11H2,1-2H3/b8-7+/t9-/m1/s1. The highest BCUT2D eigenvalue weighted by Gasteiger charge is 1.96. The largest absolute Gasteiger partial charge is 0.324 e. The zero-order valence-corrected chi connectivity index (χ0v) is 7.49. The number of rotatable bonds is 2.